The van der Waals surface area contributed by atoms with Crippen LogP contribution in [0.4, 0.5) is 4.79 Å². The molecule has 4 nitrogen and oxygen atoms in total. The Balaban J connectivity index is 1.52. The largest absolute Gasteiger partial charge is 0.448 e. The summed E-state index contributed by atoms with van der Waals surface area (Å²) in [5, 5.41) is 9.81. The number of β-amino-alcohol motifs (C(OH)–C–C–N with tert-alkyl or cyclic N) is 1. The van der Waals surface area contributed by atoms with Gasteiger partial charge >= 0.3 is 6.09 Å². The molecule has 1 heterocycles. The highest BCUT2D eigenvalue weighted by molar-refractivity contribution is 5.79. The number of fused-ring (bicyclic) bond motifs is 3. The fourth-order valence-electron chi connectivity index (χ4n) is 3.78. The number of nitrogens with zero attached hydrogens (tertiary/aromatic N) is 1. The molecule has 0 saturated carbocycles. The number of rotatable bonds is 2. The van der Waals surface area contributed by atoms with Crippen LogP contribution in [0.5, 0.6) is 0 Å². The number of aliphatic hydroxyl groups is 1. The molecule has 24 heavy (non-hydrogen) atoms. The van der Waals surface area contributed by atoms with Gasteiger partial charge in [0.25, 0.3) is 0 Å². The first-order valence-corrected chi connectivity index (χ1v) is 8.43. The van der Waals surface area contributed by atoms with Gasteiger partial charge in [0.05, 0.1) is 12.6 Å². The van der Waals surface area contributed by atoms with Crippen molar-refractivity contribution in [3.8, 4) is 11.1 Å². The minimum atomic E-state index is -0.453. The van der Waals surface area contributed by atoms with Gasteiger partial charge in [-0.2, -0.15) is 0 Å². The number of hydrogen-bond donors (Lipinski definition) is 1. The molecule has 2 atom stereocenters. The van der Waals surface area contributed by atoms with Gasteiger partial charge in [0.1, 0.15) is 6.61 Å². The topological polar surface area (TPSA) is 49.8 Å². The van der Waals surface area contributed by atoms with Crippen LogP contribution in [0, 0.1) is 5.92 Å². The van der Waals surface area contributed by atoms with Gasteiger partial charge < -0.3 is 14.7 Å². The number of benzene rings is 2. The van der Waals surface area contributed by atoms with Crippen molar-refractivity contribution in [3.63, 3.8) is 0 Å². The molecule has 0 unspecified atom stereocenters. The lowest BCUT2D eigenvalue weighted by molar-refractivity contribution is 0.100. The van der Waals surface area contributed by atoms with Crippen molar-refractivity contribution in [2.75, 3.05) is 19.7 Å². The maximum absolute atomic E-state index is 12.3. The zero-order valence-corrected chi connectivity index (χ0v) is 13.7. The molecule has 1 aliphatic heterocycles. The quantitative estimate of drug-likeness (QED) is 0.923. The smallest absolute Gasteiger partial charge is 0.409 e. The lowest BCUT2D eigenvalue weighted by atomic mass is 9.98. The lowest BCUT2D eigenvalue weighted by Crippen LogP contribution is -2.31. The maximum atomic E-state index is 12.3. The van der Waals surface area contributed by atoms with E-state index in [1.165, 1.54) is 22.3 Å². The first kappa shape index (κ1) is 15.2. The van der Waals surface area contributed by atoms with E-state index in [4.69, 9.17) is 4.74 Å². The van der Waals surface area contributed by atoms with Crippen molar-refractivity contribution in [2.24, 2.45) is 5.92 Å². The molecule has 0 radical (unpaired) electrons. The lowest BCUT2D eigenvalue weighted by Gasteiger charge is -2.19. The minimum Gasteiger partial charge on any atom is -0.448 e. The van der Waals surface area contributed by atoms with E-state index < -0.39 is 6.10 Å². The van der Waals surface area contributed by atoms with Crippen LogP contribution in [0.2, 0.25) is 0 Å². The Morgan fingerprint density at radius 1 is 1.08 bits per heavy atom. The monoisotopic (exact) mass is 323 g/mol. The predicted octanol–water partition coefficient (Wildman–Crippen LogP) is 3.25. The highest BCUT2D eigenvalue weighted by atomic mass is 16.6. The summed E-state index contributed by atoms with van der Waals surface area (Å²) in [4.78, 5) is 13.9. The number of hydrogen-bond acceptors (Lipinski definition) is 3. The average Bonchev–Trinajstić information content (AvgIpc) is 3.11. The zero-order chi connectivity index (χ0) is 16.7. The summed E-state index contributed by atoms with van der Waals surface area (Å²) in [5.74, 6) is 0.178. The molecule has 4 heteroatoms. The van der Waals surface area contributed by atoms with Crippen LogP contribution < -0.4 is 0 Å². The Bertz CT molecular complexity index is 717. The third-order valence-corrected chi connectivity index (χ3v) is 5.17. The summed E-state index contributed by atoms with van der Waals surface area (Å²) in [6, 6.07) is 16.6. The molecule has 2 aromatic carbocycles. The Labute approximate surface area is 141 Å². The molecule has 1 aliphatic carbocycles. The highest BCUT2D eigenvalue weighted by Gasteiger charge is 2.33. The summed E-state index contributed by atoms with van der Waals surface area (Å²) >= 11 is 0. The molecule has 1 fully saturated rings. The molecule has 4 rings (SSSR count). The van der Waals surface area contributed by atoms with Crippen LogP contribution in [0.3, 0.4) is 0 Å². The third kappa shape index (κ3) is 2.47. The SMILES string of the molecule is C[C@@H]1CN(C(=O)OCC2c3ccccc3-c3ccccc32)C[C@H]1O. The van der Waals surface area contributed by atoms with Crippen molar-refractivity contribution in [1.82, 2.24) is 4.90 Å². The van der Waals surface area contributed by atoms with E-state index >= 15 is 0 Å². The van der Waals surface area contributed by atoms with Crippen LogP contribution in [0.15, 0.2) is 48.5 Å². The van der Waals surface area contributed by atoms with Crippen LogP contribution in [-0.2, 0) is 4.74 Å². The van der Waals surface area contributed by atoms with Gasteiger partial charge in [0, 0.05) is 18.4 Å². The summed E-state index contributed by atoms with van der Waals surface area (Å²) in [5.41, 5.74) is 4.86. The van der Waals surface area contributed by atoms with Crippen LogP contribution in [0.1, 0.15) is 24.0 Å². The predicted molar refractivity (Wildman–Crippen MR) is 91.8 cm³/mol. The molecule has 0 bridgehead atoms. The summed E-state index contributed by atoms with van der Waals surface area (Å²) in [6.45, 7) is 3.19. The first-order chi connectivity index (χ1) is 11.6. The molecular weight excluding hydrogens is 302 g/mol. The van der Waals surface area contributed by atoms with Gasteiger partial charge in [-0.05, 0) is 22.3 Å². The Hall–Kier alpha value is -2.33. The van der Waals surface area contributed by atoms with E-state index in [0.717, 1.165) is 0 Å². The standard InChI is InChI=1S/C20H21NO3/c1-13-10-21(11-19(13)22)20(23)24-12-18-16-8-4-2-6-14(16)15-7-3-5-9-17(15)18/h2-9,13,18-19,22H,10-12H2,1H3/t13-,19-/m1/s1. The minimum absolute atomic E-state index is 0.0753. The highest BCUT2D eigenvalue weighted by Crippen LogP contribution is 2.44. The van der Waals surface area contributed by atoms with Crippen LogP contribution >= 0.6 is 0 Å². The van der Waals surface area contributed by atoms with Crippen LogP contribution in [0.25, 0.3) is 11.1 Å². The van der Waals surface area contributed by atoms with Crippen LogP contribution in [-0.4, -0.2) is 41.9 Å². The second-order valence-electron chi connectivity index (χ2n) is 6.75. The molecule has 1 N–H and O–H groups in total. The normalized spacial score (nSPS) is 22.3. The van der Waals surface area contributed by atoms with E-state index in [-0.39, 0.29) is 17.9 Å². The molecule has 124 valence electrons. The van der Waals surface area contributed by atoms with E-state index in [1.807, 2.05) is 31.2 Å². The fourth-order valence-corrected chi connectivity index (χ4v) is 3.78. The van der Waals surface area contributed by atoms with E-state index in [2.05, 4.69) is 24.3 Å². The summed E-state index contributed by atoms with van der Waals surface area (Å²) in [6.07, 6.45) is -0.786. The third-order valence-electron chi connectivity index (χ3n) is 5.17. The molecule has 1 amide bonds. The Morgan fingerprint density at radius 2 is 1.67 bits per heavy atom. The van der Waals surface area contributed by atoms with Crippen molar-refractivity contribution in [2.45, 2.75) is 18.9 Å². The second kappa shape index (κ2) is 5.95. The van der Waals surface area contributed by atoms with Crippen molar-refractivity contribution in [1.29, 1.82) is 0 Å². The van der Waals surface area contributed by atoms with Crippen molar-refractivity contribution in [3.05, 3.63) is 59.7 Å². The van der Waals surface area contributed by atoms with Gasteiger partial charge in [-0.1, -0.05) is 55.5 Å². The van der Waals surface area contributed by atoms with Gasteiger partial charge in [0.15, 0.2) is 0 Å². The van der Waals surface area contributed by atoms with Crippen molar-refractivity contribution < 1.29 is 14.6 Å². The van der Waals surface area contributed by atoms with E-state index in [9.17, 15) is 9.90 Å². The fraction of sp³-hybridized carbons (Fsp3) is 0.350. The summed E-state index contributed by atoms with van der Waals surface area (Å²) < 4.78 is 5.60. The molecule has 0 aromatic heterocycles. The maximum Gasteiger partial charge on any atom is 0.409 e. The molecule has 1 saturated heterocycles. The number of carbonyl (C=O) groups is 1. The molecular formula is C20H21NO3. The first-order valence-electron chi connectivity index (χ1n) is 8.43. The Morgan fingerprint density at radius 3 is 2.21 bits per heavy atom. The van der Waals surface area contributed by atoms with E-state index in [1.54, 1.807) is 4.90 Å². The van der Waals surface area contributed by atoms with Crippen molar-refractivity contribution >= 4 is 6.09 Å². The van der Waals surface area contributed by atoms with Gasteiger partial charge in [-0.15, -0.1) is 0 Å². The Kier molecular flexibility index (Phi) is 3.77. The number of amides is 1. The zero-order valence-electron chi connectivity index (χ0n) is 13.7. The molecule has 2 aromatic rings. The van der Waals surface area contributed by atoms with E-state index in [0.29, 0.717) is 19.7 Å². The van der Waals surface area contributed by atoms with Gasteiger partial charge in [0.2, 0.25) is 0 Å². The number of ether oxygens (including phenoxy) is 1. The van der Waals surface area contributed by atoms with Gasteiger partial charge in [-0.3, -0.25) is 0 Å². The van der Waals surface area contributed by atoms with Gasteiger partial charge in [-0.25, -0.2) is 4.79 Å². The molecule has 0 spiro atoms. The number of carbonyl (C=O) groups excluding carboxylic acids is 1. The second-order valence-corrected chi connectivity index (χ2v) is 6.75. The number of likely N-dealkylation sites (tertiary alicyclic amines) is 1. The average molecular weight is 323 g/mol. The number of aliphatic hydroxyl groups excluding tert-OH is 1. The summed E-state index contributed by atoms with van der Waals surface area (Å²) in [7, 11) is 0. The molecule has 2 aliphatic rings.